The summed E-state index contributed by atoms with van der Waals surface area (Å²) in [7, 11) is -2.59. The van der Waals surface area contributed by atoms with Crippen LogP contribution in [0.3, 0.4) is 0 Å². The fourth-order valence-corrected chi connectivity index (χ4v) is 5.59. The lowest BCUT2D eigenvalue weighted by molar-refractivity contribution is -0.116. The topological polar surface area (TPSA) is 111 Å². The minimum Gasteiger partial charge on any atom is -0.495 e. The molecule has 0 saturated carbocycles. The molecule has 2 heterocycles. The van der Waals surface area contributed by atoms with Crippen LogP contribution in [0.4, 0.5) is 11.5 Å². The second-order valence-corrected chi connectivity index (χ2v) is 9.36. The predicted molar refractivity (Wildman–Crippen MR) is 124 cm³/mol. The van der Waals surface area contributed by atoms with Crippen molar-refractivity contribution in [2.24, 2.45) is 0 Å². The number of benzene rings is 2. The summed E-state index contributed by atoms with van der Waals surface area (Å²) >= 11 is 0. The number of aryl methyl sites for hydroxylation is 1. The van der Waals surface area contributed by atoms with Crippen LogP contribution in [-0.4, -0.2) is 43.7 Å². The number of ether oxygens (including phenoxy) is 1. The van der Waals surface area contributed by atoms with Crippen LogP contribution in [0, 0.1) is 6.92 Å². The van der Waals surface area contributed by atoms with Gasteiger partial charge in [0.05, 0.1) is 18.5 Å². The van der Waals surface area contributed by atoms with E-state index in [1.807, 2.05) is 6.07 Å². The van der Waals surface area contributed by atoms with E-state index in [1.54, 1.807) is 50.2 Å². The molecule has 1 aliphatic rings. The number of rotatable bonds is 6. The predicted octanol–water partition coefficient (Wildman–Crippen LogP) is 3.45. The summed E-state index contributed by atoms with van der Waals surface area (Å²) in [6, 6.07) is 13.5. The Morgan fingerprint density at radius 1 is 1.12 bits per heavy atom. The van der Waals surface area contributed by atoms with E-state index in [4.69, 9.17) is 4.74 Å². The number of nitrogens with one attached hydrogen (secondary N) is 1. The summed E-state index contributed by atoms with van der Waals surface area (Å²) in [6.07, 6.45) is 0.107. The van der Waals surface area contributed by atoms with Crippen molar-refractivity contribution in [3.05, 3.63) is 54.2 Å². The molecule has 0 saturated heterocycles. The maximum Gasteiger partial charge on any atom is 0.268 e. The van der Waals surface area contributed by atoms with E-state index in [-0.39, 0.29) is 47.7 Å². The van der Waals surface area contributed by atoms with Gasteiger partial charge in [0, 0.05) is 24.9 Å². The monoisotopic (exact) mass is 468 g/mol. The van der Waals surface area contributed by atoms with Gasteiger partial charge in [-0.3, -0.25) is 13.9 Å². The Balaban J connectivity index is 1.89. The first-order chi connectivity index (χ1) is 15.8. The lowest BCUT2D eigenvalue weighted by atomic mass is 10.1. The highest BCUT2D eigenvalue weighted by Gasteiger charge is 2.30. The number of hydrogen-bond donors (Lipinski definition) is 1. The summed E-state index contributed by atoms with van der Waals surface area (Å²) < 4.78 is 35.3. The second kappa shape index (κ2) is 8.70. The summed E-state index contributed by atoms with van der Waals surface area (Å²) in [4.78, 5) is 24.6. The first-order valence-corrected chi connectivity index (χ1v) is 11.9. The molecule has 0 radical (unpaired) electrons. The van der Waals surface area contributed by atoms with E-state index < -0.39 is 10.0 Å². The Bertz CT molecular complexity index is 1330. The normalized spacial score (nSPS) is 13.8. The number of sulfonamides is 1. The maximum absolute atomic E-state index is 13.7. The van der Waals surface area contributed by atoms with Gasteiger partial charge in [-0.05, 0) is 43.7 Å². The third-order valence-corrected chi connectivity index (χ3v) is 7.40. The van der Waals surface area contributed by atoms with Crippen molar-refractivity contribution in [1.29, 1.82) is 0 Å². The van der Waals surface area contributed by atoms with E-state index in [0.29, 0.717) is 22.5 Å². The van der Waals surface area contributed by atoms with Crippen molar-refractivity contribution in [3.63, 3.8) is 0 Å². The van der Waals surface area contributed by atoms with E-state index in [2.05, 4.69) is 10.4 Å². The first kappa shape index (κ1) is 22.5. The lowest BCUT2D eigenvalue weighted by Gasteiger charge is -2.24. The van der Waals surface area contributed by atoms with E-state index >= 15 is 0 Å². The quantitative estimate of drug-likeness (QED) is 0.593. The zero-order valence-electron chi connectivity index (χ0n) is 18.5. The number of para-hydroxylation sites is 1. The van der Waals surface area contributed by atoms with Crippen LogP contribution in [-0.2, 0) is 14.8 Å². The van der Waals surface area contributed by atoms with Crippen molar-refractivity contribution in [3.8, 4) is 16.9 Å². The Morgan fingerprint density at radius 2 is 1.85 bits per heavy atom. The Labute approximate surface area is 192 Å². The van der Waals surface area contributed by atoms with Gasteiger partial charge >= 0.3 is 0 Å². The number of nitrogens with zero attached hydrogens (tertiary/aromatic N) is 3. The van der Waals surface area contributed by atoms with Crippen LogP contribution >= 0.6 is 0 Å². The standard InChI is InChI=1S/C23H24N4O5S/c1-4-26(17-8-6-5-7-9-17)33(30,31)19-14-16(10-11-18(19)32-3)22-15(2)25-27-21(29)13-12-20(28)24-23(22)27/h5-11,14H,4,12-13H2,1-3H3,(H,24,28). The van der Waals surface area contributed by atoms with Crippen molar-refractivity contribution < 1.29 is 22.7 Å². The van der Waals surface area contributed by atoms with Crippen molar-refractivity contribution in [1.82, 2.24) is 9.78 Å². The van der Waals surface area contributed by atoms with Gasteiger partial charge in [0.1, 0.15) is 16.5 Å². The molecule has 9 nitrogen and oxygen atoms in total. The molecule has 3 aromatic rings. The number of carbonyl (C=O) groups is 2. The second-order valence-electron chi connectivity index (χ2n) is 7.53. The molecule has 1 aliphatic heterocycles. The van der Waals surface area contributed by atoms with Gasteiger partial charge in [-0.15, -0.1) is 0 Å². The number of anilines is 2. The minimum atomic E-state index is -4.00. The van der Waals surface area contributed by atoms with E-state index in [1.165, 1.54) is 22.2 Å². The van der Waals surface area contributed by atoms with Gasteiger partial charge < -0.3 is 10.1 Å². The van der Waals surface area contributed by atoms with Gasteiger partial charge in [0.2, 0.25) is 11.8 Å². The number of hydrogen-bond acceptors (Lipinski definition) is 6. The molecule has 4 rings (SSSR count). The van der Waals surface area contributed by atoms with Gasteiger partial charge in [0.15, 0.2) is 0 Å². The number of amides is 1. The molecule has 10 heteroatoms. The van der Waals surface area contributed by atoms with Crippen LogP contribution < -0.4 is 14.4 Å². The maximum atomic E-state index is 13.7. The summed E-state index contributed by atoms with van der Waals surface area (Å²) in [5.74, 6) is -0.181. The van der Waals surface area contributed by atoms with Gasteiger partial charge in [-0.2, -0.15) is 9.78 Å². The Morgan fingerprint density at radius 3 is 2.52 bits per heavy atom. The van der Waals surface area contributed by atoms with Crippen LogP contribution in [0.2, 0.25) is 0 Å². The largest absolute Gasteiger partial charge is 0.495 e. The van der Waals surface area contributed by atoms with Crippen LogP contribution in [0.5, 0.6) is 5.75 Å². The summed E-state index contributed by atoms with van der Waals surface area (Å²) in [5, 5.41) is 7.03. The van der Waals surface area contributed by atoms with E-state index in [0.717, 1.165) is 0 Å². The number of fused-ring (bicyclic) bond motifs is 1. The van der Waals surface area contributed by atoms with Crippen molar-refractivity contribution >= 4 is 33.3 Å². The summed E-state index contributed by atoms with van der Waals surface area (Å²) in [6.45, 7) is 3.67. The molecule has 1 aromatic heterocycles. The zero-order valence-corrected chi connectivity index (χ0v) is 19.3. The third kappa shape index (κ3) is 3.97. The van der Waals surface area contributed by atoms with Crippen LogP contribution in [0.15, 0.2) is 53.4 Å². The number of methoxy groups -OCH3 is 1. The SMILES string of the molecule is CCN(c1ccccc1)S(=O)(=O)c1cc(-c2c(C)nn3c2NC(=O)CCC3=O)ccc1OC. The average Bonchev–Trinajstić information content (AvgIpc) is 3.06. The lowest BCUT2D eigenvalue weighted by Crippen LogP contribution is -2.31. The minimum absolute atomic E-state index is 0.0289. The van der Waals surface area contributed by atoms with Gasteiger partial charge in [-0.25, -0.2) is 8.42 Å². The van der Waals surface area contributed by atoms with Crippen molar-refractivity contribution in [2.75, 3.05) is 23.3 Å². The smallest absolute Gasteiger partial charge is 0.268 e. The fraction of sp³-hybridized carbons (Fsp3) is 0.261. The molecule has 1 amide bonds. The summed E-state index contributed by atoms with van der Waals surface area (Å²) in [5.41, 5.74) is 2.00. The molecule has 172 valence electrons. The fourth-order valence-electron chi connectivity index (χ4n) is 3.93. The molecular formula is C23H24N4O5S. The number of carbonyl (C=O) groups excluding carboxylic acids is 2. The Kier molecular flexibility index (Phi) is 5.94. The molecule has 2 aromatic carbocycles. The molecule has 0 bridgehead atoms. The highest BCUT2D eigenvalue weighted by atomic mass is 32.2. The molecular weight excluding hydrogens is 444 g/mol. The van der Waals surface area contributed by atoms with Crippen molar-refractivity contribution in [2.45, 2.75) is 31.6 Å². The highest BCUT2D eigenvalue weighted by Crippen LogP contribution is 2.38. The average molecular weight is 469 g/mol. The third-order valence-electron chi connectivity index (χ3n) is 5.47. The van der Waals surface area contributed by atoms with Crippen LogP contribution in [0.25, 0.3) is 11.1 Å². The molecule has 0 atom stereocenters. The van der Waals surface area contributed by atoms with Gasteiger partial charge in [0.25, 0.3) is 10.0 Å². The molecule has 1 N–H and O–H groups in total. The van der Waals surface area contributed by atoms with Gasteiger partial charge in [-0.1, -0.05) is 24.3 Å². The molecule has 0 unspecified atom stereocenters. The molecule has 0 aliphatic carbocycles. The van der Waals surface area contributed by atoms with Crippen LogP contribution in [0.1, 0.15) is 30.3 Å². The highest BCUT2D eigenvalue weighted by molar-refractivity contribution is 7.93. The molecule has 0 fully saturated rings. The molecule has 33 heavy (non-hydrogen) atoms. The Hall–Kier alpha value is -3.66. The van der Waals surface area contributed by atoms with E-state index in [9.17, 15) is 18.0 Å². The zero-order chi connectivity index (χ0) is 23.8. The molecule has 0 spiro atoms. The number of aromatic nitrogens is 2. The first-order valence-electron chi connectivity index (χ1n) is 10.5.